The molecular weight excluding hydrogens is 236 g/mol. The van der Waals surface area contributed by atoms with Crippen molar-refractivity contribution in [1.82, 2.24) is 9.80 Å². The molecule has 0 radical (unpaired) electrons. The topological polar surface area (TPSA) is 74.8 Å². The Hall–Kier alpha value is -2.24. The average Bonchev–Trinajstić information content (AvgIpc) is 2.83. The summed E-state index contributed by atoms with van der Waals surface area (Å²) < 4.78 is 0. The standard InChI is InChI=1S/C12H12N2O4/c1-2-8(14-11(17)5-6-12(14)18)7-13-9(15)3-4-10(13)16/h3-6,8H,2,7H2,1H3. The highest BCUT2D eigenvalue weighted by molar-refractivity contribution is 6.14. The molecule has 2 aliphatic rings. The van der Waals surface area contributed by atoms with E-state index >= 15 is 0 Å². The fraction of sp³-hybridized carbons (Fsp3) is 0.333. The van der Waals surface area contributed by atoms with Crippen LogP contribution in [0.2, 0.25) is 0 Å². The minimum Gasteiger partial charge on any atom is -0.273 e. The molecule has 18 heavy (non-hydrogen) atoms. The van der Waals surface area contributed by atoms with Gasteiger partial charge in [0.1, 0.15) is 0 Å². The van der Waals surface area contributed by atoms with E-state index in [0.717, 1.165) is 9.80 Å². The van der Waals surface area contributed by atoms with Crippen LogP contribution in [0.15, 0.2) is 24.3 Å². The van der Waals surface area contributed by atoms with Gasteiger partial charge in [0.05, 0.1) is 12.6 Å². The third-order valence-electron chi connectivity index (χ3n) is 2.97. The summed E-state index contributed by atoms with van der Waals surface area (Å²) in [6.45, 7) is 1.84. The zero-order valence-corrected chi connectivity index (χ0v) is 9.83. The number of amides is 4. The summed E-state index contributed by atoms with van der Waals surface area (Å²) in [5, 5.41) is 0. The Balaban J connectivity index is 2.11. The third kappa shape index (κ3) is 1.97. The lowest BCUT2D eigenvalue weighted by molar-refractivity contribution is -0.145. The van der Waals surface area contributed by atoms with Gasteiger partial charge in [-0.25, -0.2) is 0 Å². The number of carbonyl (C=O) groups excluding carboxylic acids is 4. The first-order valence-electron chi connectivity index (χ1n) is 5.63. The van der Waals surface area contributed by atoms with E-state index in [9.17, 15) is 19.2 Å². The van der Waals surface area contributed by atoms with Crippen LogP contribution >= 0.6 is 0 Å². The molecule has 1 unspecified atom stereocenters. The highest BCUT2D eigenvalue weighted by atomic mass is 16.2. The molecule has 0 aromatic rings. The van der Waals surface area contributed by atoms with E-state index < -0.39 is 29.7 Å². The highest BCUT2D eigenvalue weighted by Gasteiger charge is 2.34. The van der Waals surface area contributed by atoms with E-state index in [4.69, 9.17) is 0 Å². The van der Waals surface area contributed by atoms with Crippen LogP contribution < -0.4 is 0 Å². The summed E-state index contributed by atoms with van der Waals surface area (Å²) in [5.74, 6) is -1.63. The Kier molecular flexibility index (Phi) is 3.10. The fourth-order valence-electron chi connectivity index (χ4n) is 1.99. The first kappa shape index (κ1) is 12.2. The van der Waals surface area contributed by atoms with E-state index in [1.165, 1.54) is 24.3 Å². The normalized spacial score (nSPS) is 20.5. The largest absolute Gasteiger partial charge is 0.273 e. The lowest BCUT2D eigenvalue weighted by atomic mass is 10.2. The van der Waals surface area contributed by atoms with Crippen LogP contribution in [0.4, 0.5) is 0 Å². The Morgan fingerprint density at radius 1 is 0.889 bits per heavy atom. The molecule has 0 bridgehead atoms. The average molecular weight is 248 g/mol. The van der Waals surface area contributed by atoms with E-state index in [-0.39, 0.29) is 6.54 Å². The molecule has 0 aromatic carbocycles. The van der Waals surface area contributed by atoms with E-state index in [1.807, 2.05) is 0 Å². The maximum absolute atomic E-state index is 11.5. The number of rotatable bonds is 4. The second-order valence-corrected chi connectivity index (χ2v) is 4.06. The van der Waals surface area contributed by atoms with Crippen molar-refractivity contribution >= 4 is 23.6 Å². The van der Waals surface area contributed by atoms with Crippen LogP contribution in [0.5, 0.6) is 0 Å². The van der Waals surface area contributed by atoms with Crippen molar-refractivity contribution in [2.24, 2.45) is 0 Å². The zero-order valence-electron chi connectivity index (χ0n) is 9.83. The summed E-state index contributed by atoms with van der Waals surface area (Å²) in [7, 11) is 0. The van der Waals surface area contributed by atoms with Gasteiger partial charge in [-0.15, -0.1) is 0 Å². The maximum atomic E-state index is 11.5. The molecule has 0 fully saturated rings. The molecule has 1 atom stereocenters. The van der Waals surface area contributed by atoms with Crippen molar-refractivity contribution in [3.05, 3.63) is 24.3 Å². The van der Waals surface area contributed by atoms with Gasteiger partial charge in [-0.05, 0) is 6.42 Å². The molecule has 0 spiro atoms. The smallest absolute Gasteiger partial charge is 0.253 e. The minimum absolute atomic E-state index is 0.0420. The van der Waals surface area contributed by atoms with Crippen LogP contribution in [0, 0.1) is 0 Å². The summed E-state index contributed by atoms with van der Waals surface area (Å²) in [6, 6.07) is -0.479. The number of carbonyl (C=O) groups is 4. The van der Waals surface area contributed by atoms with Gasteiger partial charge in [0.15, 0.2) is 0 Å². The van der Waals surface area contributed by atoms with Crippen molar-refractivity contribution in [1.29, 1.82) is 0 Å². The molecule has 94 valence electrons. The highest BCUT2D eigenvalue weighted by Crippen LogP contribution is 2.15. The summed E-state index contributed by atoms with van der Waals surface area (Å²) in [4.78, 5) is 48.0. The van der Waals surface area contributed by atoms with Gasteiger partial charge >= 0.3 is 0 Å². The lowest BCUT2D eigenvalue weighted by Crippen LogP contribution is -2.48. The molecule has 0 saturated carbocycles. The Labute approximate surface area is 104 Å². The van der Waals surface area contributed by atoms with Crippen LogP contribution in [0.3, 0.4) is 0 Å². The first-order chi connectivity index (χ1) is 8.54. The van der Waals surface area contributed by atoms with E-state index in [0.29, 0.717) is 6.42 Å². The molecule has 6 heteroatoms. The predicted octanol–water partition coefficient (Wildman–Crippen LogP) is -0.385. The Morgan fingerprint density at radius 3 is 1.78 bits per heavy atom. The molecule has 0 N–H and O–H groups in total. The Morgan fingerprint density at radius 2 is 1.33 bits per heavy atom. The molecule has 4 amide bonds. The SMILES string of the molecule is CCC(CN1C(=O)C=CC1=O)N1C(=O)C=CC1=O. The molecule has 2 heterocycles. The second kappa shape index (κ2) is 4.56. The summed E-state index contributed by atoms with van der Waals surface area (Å²) >= 11 is 0. The van der Waals surface area contributed by atoms with Crippen LogP contribution in [-0.4, -0.2) is 46.0 Å². The van der Waals surface area contributed by atoms with Gasteiger partial charge in [0.2, 0.25) is 0 Å². The van der Waals surface area contributed by atoms with Crippen LogP contribution in [0.1, 0.15) is 13.3 Å². The monoisotopic (exact) mass is 248 g/mol. The maximum Gasteiger partial charge on any atom is 0.253 e. The third-order valence-corrected chi connectivity index (χ3v) is 2.97. The van der Waals surface area contributed by atoms with Crippen molar-refractivity contribution in [3.63, 3.8) is 0 Å². The molecule has 6 nitrogen and oxygen atoms in total. The summed E-state index contributed by atoms with van der Waals surface area (Å²) in [5.41, 5.74) is 0. The van der Waals surface area contributed by atoms with Gasteiger partial charge in [-0.2, -0.15) is 0 Å². The Bertz CT molecular complexity index is 456. The number of imide groups is 2. The molecule has 0 aromatic heterocycles. The van der Waals surface area contributed by atoms with E-state index in [1.54, 1.807) is 6.92 Å². The van der Waals surface area contributed by atoms with Gasteiger partial charge in [0.25, 0.3) is 23.6 Å². The minimum atomic E-state index is -0.479. The predicted molar refractivity (Wildman–Crippen MR) is 60.9 cm³/mol. The summed E-state index contributed by atoms with van der Waals surface area (Å²) in [6.07, 6.45) is 5.23. The molecule has 0 aliphatic carbocycles. The van der Waals surface area contributed by atoms with Crippen molar-refractivity contribution in [2.75, 3.05) is 6.54 Å². The van der Waals surface area contributed by atoms with Gasteiger partial charge in [-0.1, -0.05) is 6.92 Å². The van der Waals surface area contributed by atoms with Gasteiger partial charge < -0.3 is 0 Å². The van der Waals surface area contributed by atoms with Crippen LogP contribution in [0.25, 0.3) is 0 Å². The van der Waals surface area contributed by atoms with Gasteiger partial charge in [0, 0.05) is 24.3 Å². The van der Waals surface area contributed by atoms with Crippen molar-refractivity contribution in [2.45, 2.75) is 19.4 Å². The van der Waals surface area contributed by atoms with Gasteiger partial charge in [-0.3, -0.25) is 29.0 Å². The first-order valence-corrected chi connectivity index (χ1v) is 5.63. The number of nitrogens with zero attached hydrogens (tertiary/aromatic N) is 2. The fourth-order valence-corrected chi connectivity index (χ4v) is 1.99. The number of hydrogen-bond acceptors (Lipinski definition) is 4. The molecule has 2 aliphatic heterocycles. The molecular formula is C12H12N2O4. The zero-order chi connectivity index (χ0) is 13.3. The second-order valence-electron chi connectivity index (χ2n) is 4.06. The molecule has 2 rings (SSSR count). The van der Waals surface area contributed by atoms with Crippen LogP contribution in [-0.2, 0) is 19.2 Å². The quantitative estimate of drug-likeness (QED) is 0.635. The lowest BCUT2D eigenvalue weighted by Gasteiger charge is -2.28. The number of hydrogen-bond donors (Lipinski definition) is 0. The van der Waals surface area contributed by atoms with Crippen molar-refractivity contribution < 1.29 is 19.2 Å². The van der Waals surface area contributed by atoms with Crippen molar-refractivity contribution in [3.8, 4) is 0 Å². The molecule has 0 saturated heterocycles. The van der Waals surface area contributed by atoms with E-state index in [2.05, 4.69) is 0 Å².